The molecule has 4 heterocycles. The van der Waals surface area contributed by atoms with Gasteiger partial charge in [-0.15, -0.1) is 0 Å². The van der Waals surface area contributed by atoms with Gasteiger partial charge in [-0.2, -0.15) is 0 Å². The first kappa shape index (κ1) is 23.4. The summed E-state index contributed by atoms with van der Waals surface area (Å²) in [6.07, 6.45) is -0.432. The molecule has 6 rings (SSSR count). The molecular weight excluding hydrogens is 504 g/mol. The second-order valence-corrected chi connectivity index (χ2v) is 11.5. The molecule has 2 fully saturated rings. The fourth-order valence-corrected chi connectivity index (χ4v) is 5.59. The van der Waals surface area contributed by atoms with E-state index in [-0.39, 0.29) is 29.8 Å². The molecule has 2 aliphatic heterocycles. The predicted octanol–water partition coefficient (Wildman–Crippen LogP) is 3.86. The molecule has 0 saturated carbocycles. The number of aliphatic hydroxyl groups is 1. The zero-order valence-corrected chi connectivity index (χ0v) is 20.8. The van der Waals surface area contributed by atoms with Gasteiger partial charge in [0, 0.05) is 17.9 Å². The third kappa shape index (κ3) is 4.27. The van der Waals surface area contributed by atoms with Crippen molar-refractivity contribution in [1.29, 1.82) is 0 Å². The largest absolute Gasteiger partial charge is 0.470 e. The lowest BCUT2D eigenvalue weighted by Crippen LogP contribution is -2.34. The molecular formula is C26H23ClN2O6S. The number of aromatic nitrogens is 2. The Morgan fingerprint density at radius 2 is 1.61 bits per heavy atom. The number of pyridine rings is 1. The molecule has 0 spiro atoms. The zero-order valence-electron chi connectivity index (χ0n) is 19.2. The first-order chi connectivity index (χ1) is 17.3. The van der Waals surface area contributed by atoms with Crippen LogP contribution in [0.1, 0.15) is 0 Å². The number of aliphatic hydroxyl groups excluding tert-OH is 1. The van der Waals surface area contributed by atoms with E-state index >= 15 is 0 Å². The summed E-state index contributed by atoms with van der Waals surface area (Å²) in [4.78, 5) is 8.23. The van der Waals surface area contributed by atoms with Gasteiger partial charge in [-0.25, -0.2) is 13.4 Å². The summed E-state index contributed by atoms with van der Waals surface area (Å²) >= 11 is 6.58. The van der Waals surface area contributed by atoms with Gasteiger partial charge < -0.3 is 24.3 Å². The van der Waals surface area contributed by atoms with E-state index in [4.69, 9.17) is 30.8 Å². The Balaban J connectivity index is 1.23. The molecule has 4 atom stereocenters. The molecule has 0 unspecified atom stereocenters. The number of fused-ring (bicyclic) bond motifs is 2. The van der Waals surface area contributed by atoms with Crippen LogP contribution in [0.5, 0.6) is 5.88 Å². The SMILES string of the molecule is CS(=O)(=O)c1ccc(-c2ccc(-c3nc4cc(O[C@@H]5CO[C@H]6[C@@H]5OC[C@H]6O)[nH]c4cc3Cl)cc2)cc1. The minimum absolute atomic E-state index is 0.243. The maximum absolute atomic E-state index is 11.7. The number of H-pyrrole nitrogens is 1. The second kappa shape index (κ2) is 8.86. The summed E-state index contributed by atoms with van der Waals surface area (Å²) < 4.78 is 40.7. The van der Waals surface area contributed by atoms with Crippen molar-refractivity contribution in [2.45, 2.75) is 29.3 Å². The number of nitrogens with one attached hydrogen (secondary N) is 1. The quantitative estimate of drug-likeness (QED) is 0.406. The Kier molecular flexibility index (Phi) is 5.77. The summed E-state index contributed by atoms with van der Waals surface area (Å²) in [5, 5.41) is 10.4. The van der Waals surface area contributed by atoms with Crippen LogP contribution in [-0.2, 0) is 19.3 Å². The third-order valence-electron chi connectivity index (χ3n) is 6.57. The number of hydrogen-bond donors (Lipinski definition) is 2. The van der Waals surface area contributed by atoms with Crippen LogP contribution in [-0.4, -0.2) is 67.4 Å². The van der Waals surface area contributed by atoms with Crippen LogP contribution in [0.25, 0.3) is 33.4 Å². The van der Waals surface area contributed by atoms with Crippen LogP contribution >= 0.6 is 11.6 Å². The highest BCUT2D eigenvalue weighted by Gasteiger charge is 2.48. The van der Waals surface area contributed by atoms with Crippen LogP contribution in [0.3, 0.4) is 0 Å². The van der Waals surface area contributed by atoms with Gasteiger partial charge in [0.2, 0.25) is 0 Å². The number of hydrogen-bond acceptors (Lipinski definition) is 7. The average molecular weight is 527 g/mol. The van der Waals surface area contributed by atoms with Crippen LogP contribution in [0.2, 0.25) is 5.02 Å². The fourth-order valence-electron chi connectivity index (χ4n) is 4.70. The van der Waals surface area contributed by atoms with Crippen molar-refractivity contribution in [3.63, 3.8) is 0 Å². The van der Waals surface area contributed by atoms with Gasteiger partial charge in [0.1, 0.15) is 18.3 Å². The molecule has 36 heavy (non-hydrogen) atoms. The molecule has 2 aromatic heterocycles. The number of ether oxygens (including phenoxy) is 3. The van der Waals surface area contributed by atoms with Gasteiger partial charge in [-0.1, -0.05) is 48.0 Å². The molecule has 2 aliphatic rings. The molecule has 2 saturated heterocycles. The highest BCUT2D eigenvalue weighted by Crippen LogP contribution is 2.34. The average Bonchev–Trinajstić information content (AvgIpc) is 3.55. The minimum atomic E-state index is -3.24. The molecule has 10 heteroatoms. The van der Waals surface area contributed by atoms with Gasteiger partial charge in [-0.05, 0) is 29.3 Å². The van der Waals surface area contributed by atoms with E-state index in [0.29, 0.717) is 28.7 Å². The first-order valence-corrected chi connectivity index (χ1v) is 13.7. The van der Waals surface area contributed by atoms with E-state index in [1.54, 1.807) is 24.3 Å². The number of nitrogens with zero attached hydrogens (tertiary/aromatic N) is 1. The van der Waals surface area contributed by atoms with Crippen LogP contribution in [0, 0.1) is 0 Å². The number of halogens is 1. The summed E-state index contributed by atoms with van der Waals surface area (Å²) in [6, 6.07) is 18.2. The summed E-state index contributed by atoms with van der Waals surface area (Å²) in [5.41, 5.74) is 4.79. The van der Waals surface area contributed by atoms with Crippen LogP contribution in [0.4, 0.5) is 0 Å². The van der Waals surface area contributed by atoms with Crippen molar-refractivity contribution in [1.82, 2.24) is 9.97 Å². The van der Waals surface area contributed by atoms with E-state index < -0.39 is 15.9 Å². The van der Waals surface area contributed by atoms with Gasteiger partial charge in [0.15, 0.2) is 21.8 Å². The minimum Gasteiger partial charge on any atom is -0.470 e. The lowest BCUT2D eigenvalue weighted by Gasteiger charge is -2.16. The van der Waals surface area contributed by atoms with Crippen LogP contribution in [0.15, 0.2) is 65.6 Å². The Labute approximate surface area is 212 Å². The Morgan fingerprint density at radius 1 is 0.972 bits per heavy atom. The summed E-state index contributed by atoms with van der Waals surface area (Å²) in [6.45, 7) is 0.581. The highest BCUT2D eigenvalue weighted by molar-refractivity contribution is 7.90. The Morgan fingerprint density at radius 3 is 2.31 bits per heavy atom. The van der Waals surface area contributed by atoms with Crippen LogP contribution < -0.4 is 4.74 Å². The number of benzene rings is 2. The van der Waals surface area contributed by atoms with Crippen molar-refractivity contribution in [3.05, 3.63) is 65.7 Å². The van der Waals surface area contributed by atoms with Crippen molar-refractivity contribution < 1.29 is 27.7 Å². The van der Waals surface area contributed by atoms with Crippen molar-refractivity contribution in [3.8, 4) is 28.3 Å². The number of sulfone groups is 1. The lowest BCUT2D eigenvalue weighted by atomic mass is 10.0. The van der Waals surface area contributed by atoms with Gasteiger partial charge in [-0.3, -0.25) is 0 Å². The molecule has 8 nitrogen and oxygen atoms in total. The molecule has 0 amide bonds. The summed E-state index contributed by atoms with van der Waals surface area (Å²) in [7, 11) is -3.24. The van der Waals surface area contributed by atoms with E-state index in [1.165, 1.54) is 6.26 Å². The molecule has 0 radical (unpaired) electrons. The molecule has 0 aliphatic carbocycles. The molecule has 2 N–H and O–H groups in total. The van der Waals surface area contributed by atoms with Gasteiger partial charge >= 0.3 is 0 Å². The smallest absolute Gasteiger partial charge is 0.193 e. The second-order valence-electron chi connectivity index (χ2n) is 9.08. The van der Waals surface area contributed by atoms with E-state index in [9.17, 15) is 13.5 Å². The molecule has 2 aromatic carbocycles. The van der Waals surface area contributed by atoms with E-state index in [2.05, 4.69) is 4.98 Å². The lowest BCUT2D eigenvalue weighted by molar-refractivity contribution is 0.00794. The number of aromatic amines is 1. The molecule has 4 aromatic rings. The van der Waals surface area contributed by atoms with Crippen molar-refractivity contribution >= 4 is 32.5 Å². The van der Waals surface area contributed by atoms with E-state index in [0.717, 1.165) is 22.2 Å². The number of rotatable bonds is 5. The predicted molar refractivity (Wildman–Crippen MR) is 135 cm³/mol. The third-order valence-corrected chi connectivity index (χ3v) is 7.98. The monoisotopic (exact) mass is 526 g/mol. The summed E-state index contributed by atoms with van der Waals surface area (Å²) in [5.74, 6) is 0.526. The Hall–Kier alpha value is -2.95. The topological polar surface area (TPSA) is 111 Å². The van der Waals surface area contributed by atoms with Crippen molar-refractivity contribution in [2.75, 3.05) is 19.5 Å². The van der Waals surface area contributed by atoms with Crippen molar-refractivity contribution in [2.24, 2.45) is 0 Å². The van der Waals surface area contributed by atoms with Gasteiger partial charge in [0.05, 0.1) is 39.9 Å². The highest BCUT2D eigenvalue weighted by atomic mass is 35.5. The maximum Gasteiger partial charge on any atom is 0.193 e. The maximum atomic E-state index is 11.7. The molecule has 186 valence electrons. The molecule has 0 bridgehead atoms. The normalized spacial score (nSPS) is 23.8. The van der Waals surface area contributed by atoms with E-state index in [1.807, 2.05) is 36.4 Å². The fraction of sp³-hybridized carbons (Fsp3) is 0.269. The zero-order chi connectivity index (χ0) is 25.0. The van der Waals surface area contributed by atoms with Gasteiger partial charge in [0.25, 0.3) is 0 Å². The Bertz CT molecular complexity index is 1540. The standard InChI is InChI=1S/C26H23ClN2O6S/c1-36(31,32)17-8-6-15(7-9-17)14-2-4-16(5-3-14)24-18(27)10-19-20(29-24)11-23(28-19)35-22-13-34-25-21(30)12-33-26(22)25/h2-11,21-22,25-26,28,30H,12-13H2,1H3/t21-,22-,25-,26-/m1/s1. The first-order valence-electron chi connectivity index (χ1n) is 11.4.